The van der Waals surface area contributed by atoms with Crippen LogP contribution in [0, 0.1) is 19.7 Å². The standard InChI is InChI=1S/C27H29ClFN3O4S/c1-18-9-12-23(13-10-18)37(35,36)32(25-14-11-22(28)15-19(25)2)17-26(33)31(20(3)27(34)30-4)16-21-7-5-6-8-24(21)29/h5-15,20H,16-17H2,1-4H3,(H,30,34). The van der Waals surface area contributed by atoms with E-state index in [1.54, 1.807) is 31.2 Å². The van der Waals surface area contributed by atoms with E-state index >= 15 is 0 Å². The van der Waals surface area contributed by atoms with Gasteiger partial charge >= 0.3 is 0 Å². The van der Waals surface area contributed by atoms with E-state index in [1.165, 1.54) is 61.3 Å². The highest BCUT2D eigenvalue weighted by Crippen LogP contribution is 2.29. The number of anilines is 1. The highest BCUT2D eigenvalue weighted by Gasteiger charge is 2.33. The Morgan fingerprint density at radius 2 is 1.68 bits per heavy atom. The summed E-state index contributed by atoms with van der Waals surface area (Å²) in [5.74, 6) is -1.69. The molecule has 1 atom stereocenters. The lowest BCUT2D eigenvalue weighted by atomic mass is 10.1. The van der Waals surface area contributed by atoms with Crippen LogP contribution in [0.1, 0.15) is 23.6 Å². The van der Waals surface area contributed by atoms with Gasteiger partial charge in [-0.2, -0.15) is 0 Å². The number of nitrogens with one attached hydrogen (secondary N) is 1. The molecule has 0 heterocycles. The quantitative estimate of drug-likeness (QED) is 0.430. The number of rotatable bonds is 9. The maximum absolute atomic E-state index is 14.5. The number of nitrogens with zero attached hydrogens (tertiary/aromatic N) is 2. The van der Waals surface area contributed by atoms with E-state index in [-0.39, 0.29) is 22.7 Å². The van der Waals surface area contributed by atoms with Crippen molar-refractivity contribution in [2.75, 3.05) is 17.9 Å². The van der Waals surface area contributed by atoms with Crippen LogP contribution >= 0.6 is 11.6 Å². The number of aryl methyl sites for hydroxylation is 2. The summed E-state index contributed by atoms with van der Waals surface area (Å²) in [5.41, 5.74) is 1.87. The molecule has 0 aromatic heterocycles. The van der Waals surface area contributed by atoms with Crippen LogP contribution in [0.3, 0.4) is 0 Å². The molecule has 0 saturated carbocycles. The third kappa shape index (κ3) is 6.47. The fraction of sp³-hybridized carbons (Fsp3) is 0.259. The summed E-state index contributed by atoms with van der Waals surface area (Å²) in [6.07, 6.45) is 0. The second-order valence-corrected chi connectivity index (χ2v) is 11.0. The maximum Gasteiger partial charge on any atom is 0.264 e. The van der Waals surface area contributed by atoms with Gasteiger partial charge in [-0.05, 0) is 62.7 Å². The third-order valence-corrected chi connectivity index (χ3v) is 8.04. The Morgan fingerprint density at radius 3 is 2.27 bits per heavy atom. The summed E-state index contributed by atoms with van der Waals surface area (Å²) in [6.45, 7) is 4.19. The predicted molar refractivity (Wildman–Crippen MR) is 142 cm³/mol. The molecule has 196 valence electrons. The molecule has 1 N–H and O–H groups in total. The van der Waals surface area contributed by atoms with Crippen LogP contribution in [0.5, 0.6) is 0 Å². The summed E-state index contributed by atoms with van der Waals surface area (Å²) in [6, 6.07) is 15.9. The Hall–Kier alpha value is -3.43. The molecule has 10 heteroatoms. The fourth-order valence-corrected chi connectivity index (χ4v) is 5.56. The second-order valence-electron chi connectivity index (χ2n) is 8.66. The molecule has 2 amide bonds. The number of hydrogen-bond acceptors (Lipinski definition) is 4. The lowest BCUT2D eigenvalue weighted by molar-refractivity contribution is -0.139. The topological polar surface area (TPSA) is 86.8 Å². The molecule has 7 nitrogen and oxygen atoms in total. The third-order valence-electron chi connectivity index (χ3n) is 6.03. The summed E-state index contributed by atoms with van der Waals surface area (Å²) in [4.78, 5) is 27.4. The normalized spacial score (nSPS) is 12.1. The van der Waals surface area contributed by atoms with Crippen LogP contribution in [0.15, 0.2) is 71.6 Å². The van der Waals surface area contributed by atoms with Crippen molar-refractivity contribution in [1.29, 1.82) is 0 Å². The smallest absolute Gasteiger partial charge is 0.264 e. The minimum absolute atomic E-state index is 0.000235. The van der Waals surface area contributed by atoms with Gasteiger partial charge in [-0.25, -0.2) is 12.8 Å². The average molecular weight is 546 g/mol. The van der Waals surface area contributed by atoms with E-state index in [4.69, 9.17) is 11.6 Å². The zero-order valence-electron chi connectivity index (χ0n) is 21.0. The molecule has 0 saturated heterocycles. The summed E-state index contributed by atoms with van der Waals surface area (Å²) < 4.78 is 43.0. The van der Waals surface area contributed by atoms with Crippen LogP contribution in [-0.4, -0.2) is 44.8 Å². The van der Waals surface area contributed by atoms with Crippen molar-refractivity contribution in [2.45, 2.75) is 38.3 Å². The number of carbonyl (C=O) groups excluding carboxylic acids is 2. The number of amides is 2. The number of carbonyl (C=O) groups is 2. The zero-order chi connectivity index (χ0) is 27.3. The molecular weight excluding hydrogens is 517 g/mol. The molecule has 0 bridgehead atoms. The molecule has 0 aliphatic carbocycles. The molecule has 0 spiro atoms. The van der Waals surface area contributed by atoms with Crippen molar-refractivity contribution in [3.63, 3.8) is 0 Å². The van der Waals surface area contributed by atoms with Crippen LogP contribution < -0.4 is 9.62 Å². The van der Waals surface area contributed by atoms with Gasteiger partial charge in [-0.15, -0.1) is 0 Å². The predicted octanol–water partition coefficient (Wildman–Crippen LogP) is 4.45. The van der Waals surface area contributed by atoms with Gasteiger partial charge in [-0.3, -0.25) is 13.9 Å². The maximum atomic E-state index is 14.5. The SMILES string of the molecule is CNC(=O)C(C)N(Cc1ccccc1F)C(=O)CN(c1ccc(Cl)cc1C)S(=O)(=O)c1ccc(C)cc1. The van der Waals surface area contributed by atoms with Gasteiger partial charge in [0.15, 0.2) is 0 Å². The number of hydrogen-bond donors (Lipinski definition) is 1. The van der Waals surface area contributed by atoms with E-state index in [0.717, 1.165) is 9.87 Å². The lowest BCUT2D eigenvalue weighted by Gasteiger charge is -2.32. The van der Waals surface area contributed by atoms with E-state index in [1.807, 2.05) is 6.92 Å². The highest BCUT2D eigenvalue weighted by molar-refractivity contribution is 7.92. The number of halogens is 2. The van der Waals surface area contributed by atoms with Crippen LogP contribution in [0.25, 0.3) is 0 Å². The minimum Gasteiger partial charge on any atom is -0.357 e. The number of benzene rings is 3. The zero-order valence-corrected chi connectivity index (χ0v) is 22.6. The Kier molecular flexibility index (Phi) is 8.94. The Bertz CT molecular complexity index is 1400. The average Bonchev–Trinajstić information content (AvgIpc) is 2.86. The summed E-state index contributed by atoms with van der Waals surface area (Å²) in [7, 11) is -2.77. The Labute approximate surface area is 221 Å². The highest BCUT2D eigenvalue weighted by atomic mass is 35.5. The van der Waals surface area contributed by atoms with E-state index < -0.39 is 40.2 Å². The molecule has 0 fully saturated rings. The van der Waals surface area contributed by atoms with Gasteiger partial charge in [0.05, 0.1) is 10.6 Å². The molecule has 3 rings (SSSR count). The van der Waals surface area contributed by atoms with Gasteiger partial charge in [0.1, 0.15) is 18.4 Å². The van der Waals surface area contributed by atoms with Crippen molar-refractivity contribution >= 4 is 39.1 Å². The number of likely N-dealkylation sites (N-methyl/N-ethyl adjacent to an activating group) is 1. The molecular formula is C27H29ClFN3O4S. The largest absolute Gasteiger partial charge is 0.357 e. The van der Waals surface area contributed by atoms with Gasteiger partial charge in [-0.1, -0.05) is 47.5 Å². The monoisotopic (exact) mass is 545 g/mol. The molecule has 0 radical (unpaired) electrons. The summed E-state index contributed by atoms with van der Waals surface area (Å²) in [5, 5.41) is 2.90. The second kappa shape index (κ2) is 11.7. The minimum atomic E-state index is -4.20. The first-order valence-corrected chi connectivity index (χ1v) is 13.4. The van der Waals surface area contributed by atoms with Crippen LogP contribution in [0.4, 0.5) is 10.1 Å². The Balaban J connectivity index is 2.08. The first kappa shape index (κ1) is 28.1. The lowest BCUT2D eigenvalue weighted by Crippen LogP contribution is -2.51. The molecule has 1 unspecified atom stereocenters. The van der Waals surface area contributed by atoms with Crippen molar-refractivity contribution < 1.29 is 22.4 Å². The molecule has 0 aliphatic heterocycles. The van der Waals surface area contributed by atoms with Crippen molar-refractivity contribution in [2.24, 2.45) is 0 Å². The number of sulfonamides is 1. The van der Waals surface area contributed by atoms with Gasteiger partial charge in [0.2, 0.25) is 11.8 Å². The summed E-state index contributed by atoms with van der Waals surface area (Å²) >= 11 is 6.10. The fourth-order valence-electron chi connectivity index (χ4n) is 3.85. The molecule has 0 aliphatic rings. The first-order valence-electron chi connectivity index (χ1n) is 11.6. The molecule has 37 heavy (non-hydrogen) atoms. The van der Waals surface area contributed by atoms with Crippen LogP contribution in [0.2, 0.25) is 5.02 Å². The van der Waals surface area contributed by atoms with Crippen molar-refractivity contribution in [3.05, 3.63) is 94.3 Å². The Morgan fingerprint density at radius 1 is 1.03 bits per heavy atom. The van der Waals surface area contributed by atoms with Gasteiger partial charge < -0.3 is 10.2 Å². The molecule has 3 aromatic carbocycles. The van der Waals surface area contributed by atoms with E-state index in [0.29, 0.717) is 10.6 Å². The van der Waals surface area contributed by atoms with Gasteiger partial charge in [0.25, 0.3) is 10.0 Å². The van der Waals surface area contributed by atoms with E-state index in [9.17, 15) is 22.4 Å². The van der Waals surface area contributed by atoms with Gasteiger partial charge in [0, 0.05) is 24.2 Å². The molecule has 3 aromatic rings. The van der Waals surface area contributed by atoms with Crippen LogP contribution in [-0.2, 0) is 26.2 Å². The van der Waals surface area contributed by atoms with E-state index in [2.05, 4.69) is 5.32 Å². The van der Waals surface area contributed by atoms with Crippen molar-refractivity contribution in [3.8, 4) is 0 Å². The first-order chi connectivity index (χ1) is 17.4. The van der Waals surface area contributed by atoms with Crippen molar-refractivity contribution in [1.82, 2.24) is 10.2 Å².